The molecule has 0 fully saturated rings. The van der Waals surface area contributed by atoms with Crippen LogP contribution in [0.1, 0.15) is 51.9 Å². The molecular weight excluding hydrogens is 322 g/mol. The Morgan fingerprint density at radius 1 is 1.36 bits per heavy atom. The van der Waals surface area contributed by atoms with Gasteiger partial charge in [0.1, 0.15) is 5.75 Å². The molecule has 2 N–H and O–H groups in total. The number of nitrogens with zero attached hydrogens (tertiary/aromatic N) is 2. The van der Waals surface area contributed by atoms with Gasteiger partial charge in [0.25, 0.3) is 5.91 Å². The molecule has 0 aliphatic heterocycles. The summed E-state index contributed by atoms with van der Waals surface area (Å²) < 4.78 is 7.05. The van der Waals surface area contributed by atoms with E-state index in [4.69, 9.17) is 9.84 Å². The third-order valence-corrected chi connectivity index (χ3v) is 3.99. The lowest BCUT2D eigenvalue weighted by molar-refractivity contribution is 0.0696. The van der Waals surface area contributed by atoms with Gasteiger partial charge in [-0.1, -0.05) is 6.07 Å². The van der Waals surface area contributed by atoms with E-state index >= 15 is 0 Å². The molecule has 1 amide bonds. The van der Waals surface area contributed by atoms with Gasteiger partial charge in [-0.2, -0.15) is 5.10 Å². The number of carbonyl (C=O) groups excluding carboxylic acids is 1. The van der Waals surface area contributed by atoms with Crippen molar-refractivity contribution in [1.29, 1.82) is 0 Å². The normalized spacial score (nSPS) is 10.8. The number of carboxylic acid groups (broad SMARTS) is 1. The lowest BCUT2D eigenvalue weighted by Crippen LogP contribution is -2.26. The van der Waals surface area contributed by atoms with Gasteiger partial charge in [0.2, 0.25) is 0 Å². The first-order valence-corrected chi connectivity index (χ1v) is 8.07. The summed E-state index contributed by atoms with van der Waals surface area (Å²) in [4.78, 5) is 23.3. The largest absolute Gasteiger partial charge is 0.496 e. The Balaban J connectivity index is 2.01. The smallest absolute Gasteiger partial charge is 0.335 e. The van der Waals surface area contributed by atoms with E-state index in [2.05, 4.69) is 10.4 Å². The summed E-state index contributed by atoms with van der Waals surface area (Å²) in [5.41, 5.74) is 2.39. The zero-order chi connectivity index (χ0) is 18.6. The lowest BCUT2D eigenvalue weighted by atomic mass is 10.1. The molecule has 0 unspecified atom stereocenters. The van der Waals surface area contributed by atoms with Crippen LogP contribution in [0, 0.1) is 6.92 Å². The predicted octanol–water partition coefficient (Wildman–Crippen LogP) is 2.45. The fourth-order valence-electron chi connectivity index (χ4n) is 2.66. The molecule has 0 saturated heterocycles. The van der Waals surface area contributed by atoms with Crippen molar-refractivity contribution in [1.82, 2.24) is 15.1 Å². The van der Waals surface area contributed by atoms with Gasteiger partial charge in [0, 0.05) is 18.3 Å². The first-order valence-electron chi connectivity index (χ1n) is 8.07. The third-order valence-electron chi connectivity index (χ3n) is 3.99. The van der Waals surface area contributed by atoms with Gasteiger partial charge >= 0.3 is 5.97 Å². The minimum absolute atomic E-state index is 0.168. The van der Waals surface area contributed by atoms with Crippen LogP contribution in [0.3, 0.4) is 0 Å². The number of rotatable bonds is 7. The molecule has 1 aromatic carbocycles. The topological polar surface area (TPSA) is 93.4 Å². The number of amides is 1. The summed E-state index contributed by atoms with van der Waals surface area (Å²) in [5.74, 6) is -0.681. The number of aromatic carboxylic acids is 1. The summed E-state index contributed by atoms with van der Waals surface area (Å²) in [6, 6.07) is 4.91. The Kier molecular flexibility index (Phi) is 5.80. The number of carboxylic acids is 1. The Morgan fingerprint density at radius 2 is 2.08 bits per heavy atom. The van der Waals surface area contributed by atoms with Gasteiger partial charge in [0.05, 0.1) is 24.4 Å². The van der Waals surface area contributed by atoms with Crippen LogP contribution in [-0.4, -0.2) is 40.4 Å². The van der Waals surface area contributed by atoms with Crippen molar-refractivity contribution in [2.75, 3.05) is 13.7 Å². The van der Waals surface area contributed by atoms with Crippen molar-refractivity contribution < 1.29 is 19.4 Å². The van der Waals surface area contributed by atoms with E-state index in [1.54, 1.807) is 12.3 Å². The average Bonchev–Trinajstić information content (AvgIpc) is 2.96. The first kappa shape index (κ1) is 18.5. The average molecular weight is 345 g/mol. The minimum atomic E-state index is -1.00. The molecule has 0 aliphatic rings. The van der Waals surface area contributed by atoms with E-state index in [1.807, 2.05) is 25.5 Å². The van der Waals surface area contributed by atoms with Gasteiger partial charge < -0.3 is 15.2 Å². The zero-order valence-corrected chi connectivity index (χ0v) is 14.9. The van der Waals surface area contributed by atoms with Crippen LogP contribution < -0.4 is 10.1 Å². The van der Waals surface area contributed by atoms with Gasteiger partial charge in [-0.05, 0) is 44.9 Å². The van der Waals surface area contributed by atoms with Crippen LogP contribution in [0.2, 0.25) is 0 Å². The summed E-state index contributed by atoms with van der Waals surface area (Å²) >= 11 is 0. The van der Waals surface area contributed by atoms with Gasteiger partial charge in [-0.25, -0.2) is 4.79 Å². The van der Waals surface area contributed by atoms with Crippen molar-refractivity contribution in [3.05, 3.63) is 46.8 Å². The number of methoxy groups -OCH3 is 1. The van der Waals surface area contributed by atoms with Crippen LogP contribution in [0.5, 0.6) is 5.75 Å². The Hall–Kier alpha value is -2.83. The molecule has 0 radical (unpaired) electrons. The fraction of sp³-hybridized carbons (Fsp3) is 0.389. The highest BCUT2D eigenvalue weighted by Gasteiger charge is 2.15. The fourth-order valence-corrected chi connectivity index (χ4v) is 2.66. The first-order chi connectivity index (χ1) is 11.8. The molecule has 1 heterocycles. The summed E-state index contributed by atoms with van der Waals surface area (Å²) in [6.45, 7) is 6.30. The SMILES string of the molecule is COc1cc(C(=O)O)ccc1CCNC(=O)c1cnn(C(C)C)c1C. The van der Waals surface area contributed by atoms with Crippen molar-refractivity contribution in [2.24, 2.45) is 0 Å². The number of ether oxygens (including phenoxy) is 1. The quantitative estimate of drug-likeness (QED) is 0.804. The van der Waals surface area contributed by atoms with E-state index < -0.39 is 5.97 Å². The second-order valence-corrected chi connectivity index (χ2v) is 6.02. The van der Waals surface area contributed by atoms with Gasteiger partial charge in [-0.15, -0.1) is 0 Å². The van der Waals surface area contributed by atoms with E-state index in [9.17, 15) is 9.59 Å². The Morgan fingerprint density at radius 3 is 2.64 bits per heavy atom. The molecule has 2 rings (SSSR count). The molecule has 7 heteroatoms. The van der Waals surface area contributed by atoms with E-state index in [0.29, 0.717) is 24.3 Å². The molecule has 2 aromatic rings. The standard InChI is InChI=1S/C18H23N3O4/c1-11(2)21-12(3)15(10-20-21)17(22)19-8-7-13-5-6-14(18(23)24)9-16(13)25-4/h5-6,9-11H,7-8H2,1-4H3,(H,19,22)(H,23,24). The number of hydrogen-bond donors (Lipinski definition) is 2. The van der Waals surface area contributed by atoms with Crippen LogP contribution in [0.15, 0.2) is 24.4 Å². The second-order valence-electron chi connectivity index (χ2n) is 6.02. The van der Waals surface area contributed by atoms with Crippen molar-refractivity contribution in [3.8, 4) is 5.75 Å². The molecule has 7 nitrogen and oxygen atoms in total. The Labute approximate surface area is 146 Å². The van der Waals surface area contributed by atoms with Crippen molar-refractivity contribution >= 4 is 11.9 Å². The van der Waals surface area contributed by atoms with E-state index in [0.717, 1.165) is 11.3 Å². The monoisotopic (exact) mass is 345 g/mol. The summed E-state index contributed by atoms with van der Waals surface area (Å²) in [5, 5.41) is 16.1. The summed E-state index contributed by atoms with van der Waals surface area (Å²) in [6.07, 6.45) is 2.11. The maximum Gasteiger partial charge on any atom is 0.335 e. The van der Waals surface area contributed by atoms with Gasteiger partial charge in [0.15, 0.2) is 0 Å². The molecule has 0 bridgehead atoms. The number of benzene rings is 1. The van der Waals surface area contributed by atoms with E-state index in [-0.39, 0.29) is 17.5 Å². The number of aromatic nitrogens is 2. The molecule has 1 aromatic heterocycles. The number of hydrogen-bond acceptors (Lipinski definition) is 4. The number of carbonyl (C=O) groups is 2. The van der Waals surface area contributed by atoms with Crippen LogP contribution in [0.25, 0.3) is 0 Å². The van der Waals surface area contributed by atoms with Gasteiger partial charge in [-0.3, -0.25) is 9.48 Å². The van der Waals surface area contributed by atoms with Crippen molar-refractivity contribution in [2.45, 2.75) is 33.2 Å². The Bertz CT molecular complexity index is 781. The molecule has 0 saturated carbocycles. The number of nitrogens with one attached hydrogen (secondary N) is 1. The highest BCUT2D eigenvalue weighted by Crippen LogP contribution is 2.21. The molecule has 0 spiro atoms. The van der Waals surface area contributed by atoms with E-state index in [1.165, 1.54) is 19.2 Å². The molecule has 134 valence electrons. The highest BCUT2D eigenvalue weighted by atomic mass is 16.5. The third kappa shape index (κ3) is 4.17. The molecule has 0 aliphatic carbocycles. The molecule has 0 atom stereocenters. The van der Waals surface area contributed by atoms with Crippen molar-refractivity contribution in [3.63, 3.8) is 0 Å². The second kappa shape index (κ2) is 7.83. The highest BCUT2D eigenvalue weighted by molar-refractivity contribution is 5.95. The summed E-state index contributed by atoms with van der Waals surface area (Å²) in [7, 11) is 1.49. The molecule has 25 heavy (non-hydrogen) atoms. The van der Waals surface area contributed by atoms with Crippen LogP contribution in [-0.2, 0) is 6.42 Å². The predicted molar refractivity (Wildman–Crippen MR) is 93.3 cm³/mol. The van der Waals surface area contributed by atoms with Crippen LogP contribution in [0.4, 0.5) is 0 Å². The lowest BCUT2D eigenvalue weighted by Gasteiger charge is -2.11. The molecular formula is C18H23N3O4. The maximum absolute atomic E-state index is 12.3. The van der Waals surface area contributed by atoms with Crippen LogP contribution >= 0.6 is 0 Å². The zero-order valence-electron chi connectivity index (χ0n) is 14.9. The maximum atomic E-state index is 12.3. The minimum Gasteiger partial charge on any atom is -0.496 e.